The number of guanidine groups is 1. The molecule has 2 aliphatic rings. The highest BCUT2D eigenvalue weighted by atomic mass is 35.5. The molecule has 7 heteroatoms. The summed E-state index contributed by atoms with van der Waals surface area (Å²) in [5.74, 6) is 1.59. The Morgan fingerprint density at radius 2 is 2.15 bits per heavy atom. The van der Waals surface area contributed by atoms with Crippen LogP contribution in [0.3, 0.4) is 0 Å². The van der Waals surface area contributed by atoms with Crippen molar-refractivity contribution in [2.24, 2.45) is 4.99 Å². The third kappa shape index (κ3) is 5.74. The molecule has 2 fully saturated rings. The van der Waals surface area contributed by atoms with Crippen LogP contribution in [0, 0.1) is 0 Å². The molecule has 0 aliphatic carbocycles. The van der Waals surface area contributed by atoms with E-state index < -0.39 is 0 Å². The number of benzene rings is 1. The van der Waals surface area contributed by atoms with Gasteiger partial charge in [0.2, 0.25) is 0 Å². The van der Waals surface area contributed by atoms with E-state index in [1.165, 1.54) is 0 Å². The number of morpholine rings is 1. The fourth-order valence-electron chi connectivity index (χ4n) is 3.42. The van der Waals surface area contributed by atoms with Crippen LogP contribution in [0.25, 0.3) is 0 Å². The largest absolute Gasteiger partial charge is 0.487 e. The van der Waals surface area contributed by atoms with Gasteiger partial charge in [0.25, 0.3) is 0 Å². The lowest BCUT2D eigenvalue weighted by atomic mass is 10.1. The van der Waals surface area contributed by atoms with Gasteiger partial charge in [-0.3, -0.25) is 0 Å². The molecule has 0 spiro atoms. The second-order valence-electron chi connectivity index (χ2n) is 6.96. The summed E-state index contributed by atoms with van der Waals surface area (Å²) in [5, 5.41) is 4.01. The summed E-state index contributed by atoms with van der Waals surface area (Å²) in [7, 11) is 0. The molecule has 2 heterocycles. The Kier molecular flexibility index (Phi) is 7.61. The van der Waals surface area contributed by atoms with Gasteiger partial charge >= 0.3 is 0 Å². The predicted molar refractivity (Wildman–Crippen MR) is 108 cm³/mol. The van der Waals surface area contributed by atoms with Gasteiger partial charge in [0.1, 0.15) is 18.0 Å². The summed E-state index contributed by atoms with van der Waals surface area (Å²) in [6, 6.07) is 7.52. The van der Waals surface area contributed by atoms with Crippen LogP contribution in [0.4, 0.5) is 0 Å². The average Bonchev–Trinajstić information content (AvgIpc) is 3.22. The monoisotopic (exact) mass is 395 g/mol. The Morgan fingerprint density at radius 3 is 2.89 bits per heavy atom. The molecule has 1 N–H and O–H groups in total. The molecule has 2 aliphatic heterocycles. The van der Waals surface area contributed by atoms with Gasteiger partial charge in [-0.05, 0) is 38.8 Å². The van der Waals surface area contributed by atoms with Gasteiger partial charge in [0, 0.05) is 26.2 Å². The highest BCUT2D eigenvalue weighted by Crippen LogP contribution is 2.24. The molecule has 3 unspecified atom stereocenters. The van der Waals surface area contributed by atoms with E-state index >= 15 is 0 Å². The van der Waals surface area contributed by atoms with Crippen LogP contribution in [0.2, 0.25) is 5.02 Å². The van der Waals surface area contributed by atoms with Crippen molar-refractivity contribution < 1.29 is 14.2 Å². The molecule has 27 heavy (non-hydrogen) atoms. The van der Waals surface area contributed by atoms with Gasteiger partial charge in [-0.2, -0.15) is 0 Å². The van der Waals surface area contributed by atoms with Gasteiger partial charge in [0.15, 0.2) is 5.96 Å². The number of halogens is 1. The molecule has 3 atom stereocenters. The molecule has 0 bridgehead atoms. The van der Waals surface area contributed by atoms with Crippen molar-refractivity contribution in [2.75, 3.05) is 39.4 Å². The summed E-state index contributed by atoms with van der Waals surface area (Å²) in [5.41, 5.74) is 0. The first kappa shape index (κ1) is 20.2. The van der Waals surface area contributed by atoms with Crippen LogP contribution in [-0.4, -0.2) is 68.6 Å². The molecular weight excluding hydrogens is 366 g/mol. The van der Waals surface area contributed by atoms with E-state index in [2.05, 4.69) is 17.1 Å². The lowest BCUT2D eigenvalue weighted by molar-refractivity contribution is -0.0817. The smallest absolute Gasteiger partial charge is 0.194 e. The molecule has 0 radical (unpaired) electrons. The standard InChI is InChI=1S/C20H30ClN3O3/c1-3-22-20(23-13-15(2)27-17-8-5-4-7-16(17)21)24-10-12-26-19(14-24)18-9-6-11-25-18/h4-5,7-8,15,18-19H,3,6,9-14H2,1-2H3,(H,22,23). The minimum atomic E-state index is -0.0754. The summed E-state index contributed by atoms with van der Waals surface area (Å²) in [4.78, 5) is 7.06. The number of hydrogen-bond donors (Lipinski definition) is 1. The van der Waals surface area contributed by atoms with Crippen molar-refractivity contribution in [3.05, 3.63) is 29.3 Å². The quantitative estimate of drug-likeness (QED) is 0.592. The van der Waals surface area contributed by atoms with Crippen LogP contribution in [0.15, 0.2) is 29.3 Å². The van der Waals surface area contributed by atoms with Crippen LogP contribution in [-0.2, 0) is 9.47 Å². The molecule has 0 saturated carbocycles. The fraction of sp³-hybridized carbons (Fsp3) is 0.650. The van der Waals surface area contributed by atoms with Gasteiger partial charge in [-0.15, -0.1) is 0 Å². The minimum Gasteiger partial charge on any atom is -0.487 e. The van der Waals surface area contributed by atoms with Crippen molar-refractivity contribution >= 4 is 17.6 Å². The van der Waals surface area contributed by atoms with E-state index in [4.69, 9.17) is 30.8 Å². The van der Waals surface area contributed by atoms with E-state index in [0.717, 1.165) is 45.0 Å². The molecule has 2 saturated heterocycles. The number of aliphatic imine (C=N–C) groups is 1. The maximum Gasteiger partial charge on any atom is 0.194 e. The normalized spacial score (nSPS) is 24.7. The van der Waals surface area contributed by atoms with Gasteiger partial charge in [-0.1, -0.05) is 23.7 Å². The highest BCUT2D eigenvalue weighted by Gasteiger charge is 2.32. The first-order valence-corrected chi connectivity index (χ1v) is 10.2. The summed E-state index contributed by atoms with van der Waals surface area (Å²) >= 11 is 6.17. The van der Waals surface area contributed by atoms with Crippen molar-refractivity contribution in [2.45, 2.75) is 45.0 Å². The van der Waals surface area contributed by atoms with Crippen LogP contribution in [0.5, 0.6) is 5.75 Å². The van der Waals surface area contributed by atoms with Crippen molar-refractivity contribution in [3.63, 3.8) is 0 Å². The fourth-order valence-corrected chi connectivity index (χ4v) is 3.60. The Bertz CT molecular complexity index is 622. The Hall–Kier alpha value is -1.50. The van der Waals surface area contributed by atoms with Crippen molar-refractivity contribution in [1.82, 2.24) is 10.2 Å². The predicted octanol–water partition coefficient (Wildman–Crippen LogP) is 2.95. The SMILES string of the molecule is CCNC(=NCC(C)Oc1ccccc1Cl)N1CCOC(C2CCCO2)C1. The zero-order chi connectivity index (χ0) is 19.1. The van der Waals surface area contributed by atoms with E-state index in [1.54, 1.807) is 0 Å². The molecule has 0 amide bonds. The molecule has 3 rings (SSSR count). The Balaban J connectivity index is 1.59. The zero-order valence-electron chi connectivity index (χ0n) is 16.2. The Labute approximate surface area is 166 Å². The van der Waals surface area contributed by atoms with Crippen molar-refractivity contribution in [1.29, 1.82) is 0 Å². The third-order valence-corrected chi connectivity index (χ3v) is 5.08. The number of para-hydroxylation sites is 1. The van der Waals surface area contributed by atoms with Crippen LogP contribution < -0.4 is 10.1 Å². The highest BCUT2D eigenvalue weighted by molar-refractivity contribution is 6.32. The molecule has 6 nitrogen and oxygen atoms in total. The van der Waals surface area contributed by atoms with E-state index in [-0.39, 0.29) is 18.3 Å². The lowest BCUT2D eigenvalue weighted by Crippen LogP contribution is -2.53. The molecule has 1 aromatic carbocycles. The summed E-state index contributed by atoms with van der Waals surface area (Å²) < 4.78 is 17.7. The Morgan fingerprint density at radius 1 is 1.33 bits per heavy atom. The average molecular weight is 396 g/mol. The van der Waals surface area contributed by atoms with Crippen molar-refractivity contribution in [3.8, 4) is 5.75 Å². The maximum absolute atomic E-state index is 6.17. The van der Waals surface area contributed by atoms with E-state index in [0.29, 0.717) is 23.9 Å². The molecular formula is C20H30ClN3O3. The second-order valence-corrected chi connectivity index (χ2v) is 7.37. The zero-order valence-corrected chi connectivity index (χ0v) is 17.0. The van der Waals surface area contributed by atoms with E-state index in [1.807, 2.05) is 31.2 Å². The number of rotatable bonds is 6. The number of nitrogens with zero attached hydrogens (tertiary/aromatic N) is 2. The third-order valence-electron chi connectivity index (χ3n) is 4.77. The lowest BCUT2D eigenvalue weighted by Gasteiger charge is -2.37. The van der Waals surface area contributed by atoms with Gasteiger partial charge in [0.05, 0.1) is 24.3 Å². The number of nitrogens with one attached hydrogen (secondary N) is 1. The van der Waals surface area contributed by atoms with Gasteiger partial charge in [-0.25, -0.2) is 4.99 Å². The minimum absolute atomic E-state index is 0.0754. The first-order chi connectivity index (χ1) is 13.2. The van der Waals surface area contributed by atoms with E-state index in [9.17, 15) is 0 Å². The molecule has 150 valence electrons. The number of ether oxygens (including phenoxy) is 3. The second kappa shape index (κ2) is 10.2. The first-order valence-electron chi connectivity index (χ1n) is 9.85. The molecule has 0 aromatic heterocycles. The topological polar surface area (TPSA) is 55.3 Å². The van der Waals surface area contributed by atoms with Crippen LogP contribution >= 0.6 is 11.6 Å². The number of hydrogen-bond acceptors (Lipinski definition) is 4. The summed E-state index contributed by atoms with van der Waals surface area (Å²) in [6.45, 7) is 8.62. The van der Waals surface area contributed by atoms with Gasteiger partial charge < -0.3 is 24.4 Å². The molecule has 1 aromatic rings. The maximum atomic E-state index is 6.17. The van der Waals surface area contributed by atoms with Crippen LogP contribution in [0.1, 0.15) is 26.7 Å². The summed E-state index contributed by atoms with van der Waals surface area (Å²) in [6.07, 6.45) is 2.44.